The molecule has 31 heavy (non-hydrogen) atoms. The fourth-order valence-electron chi connectivity index (χ4n) is 3.04. The van der Waals surface area contributed by atoms with E-state index < -0.39 is 16.5 Å². The predicted octanol–water partition coefficient (Wildman–Crippen LogP) is 2.23. The molecule has 0 aliphatic heterocycles. The van der Waals surface area contributed by atoms with Crippen LogP contribution in [0, 0.1) is 0 Å². The number of halogens is 1. The molecule has 10 nitrogen and oxygen atoms in total. The molecule has 2 rings (SSSR count). The van der Waals surface area contributed by atoms with Crippen LogP contribution in [0.4, 0.5) is 5.69 Å². The lowest BCUT2D eigenvalue weighted by Gasteiger charge is -2.23. The van der Waals surface area contributed by atoms with E-state index >= 15 is 0 Å². The van der Waals surface area contributed by atoms with Crippen molar-refractivity contribution in [2.24, 2.45) is 0 Å². The van der Waals surface area contributed by atoms with E-state index in [4.69, 9.17) is 39.6 Å². The molecule has 1 saturated carbocycles. The van der Waals surface area contributed by atoms with E-state index in [-0.39, 0.29) is 11.7 Å². The average Bonchev–Trinajstić information content (AvgIpc) is 2.68. The van der Waals surface area contributed by atoms with Crippen LogP contribution in [-0.2, 0) is 15.2 Å². The van der Waals surface area contributed by atoms with E-state index in [1.165, 1.54) is 12.1 Å². The van der Waals surface area contributed by atoms with Gasteiger partial charge in [-0.15, -0.1) is 0 Å². The first-order valence-electron chi connectivity index (χ1n) is 9.95. The molecule has 0 aromatic heterocycles. The SMILES string of the molecule is CCN(CC)CCNC(=O)c1cc(Cl)c(N)cc1OC1CCCCC1=O.O=S(=O)(O)O. The maximum absolute atomic E-state index is 12.6. The lowest BCUT2D eigenvalue weighted by molar-refractivity contribution is -0.127. The molecule has 0 spiro atoms. The minimum atomic E-state index is -4.67. The van der Waals surface area contributed by atoms with Gasteiger partial charge in [0.05, 0.1) is 16.3 Å². The predicted molar refractivity (Wildman–Crippen MR) is 118 cm³/mol. The summed E-state index contributed by atoms with van der Waals surface area (Å²) in [6.45, 7) is 7.30. The van der Waals surface area contributed by atoms with Gasteiger partial charge in [-0.05, 0) is 38.4 Å². The third-order valence-electron chi connectivity index (χ3n) is 4.72. The first-order chi connectivity index (χ1) is 14.5. The number of hydrogen-bond acceptors (Lipinski definition) is 7. The van der Waals surface area contributed by atoms with Gasteiger partial charge in [-0.2, -0.15) is 8.42 Å². The van der Waals surface area contributed by atoms with E-state index in [1.54, 1.807) is 0 Å². The third-order valence-corrected chi connectivity index (χ3v) is 5.05. The van der Waals surface area contributed by atoms with Crippen molar-refractivity contribution in [3.63, 3.8) is 0 Å². The molecule has 1 fully saturated rings. The Labute approximate surface area is 187 Å². The van der Waals surface area contributed by atoms with Gasteiger partial charge in [-0.3, -0.25) is 18.7 Å². The molecule has 1 atom stereocenters. The monoisotopic (exact) mass is 479 g/mol. The number of rotatable bonds is 8. The standard InChI is InChI=1S/C19H28ClN3O3.H2O4S/c1-3-23(4-2)10-9-22-19(25)13-11-14(20)15(21)12-18(13)26-17-8-6-5-7-16(17)24;1-5(2,3)4/h11-12,17H,3-10,21H2,1-2H3,(H,22,25);(H2,1,2,3,4). The summed E-state index contributed by atoms with van der Waals surface area (Å²) in [7, 11) is -4.67. The summed E-state index contributed by atoms with van der Waals surface area (Å²) in [5, 5.41) is 3.18. The summed E-state index contributed by atoms with van der Waals surface area (Å²) in [5.74, 6) is 0.0995. The summed E-state index contributed by atoms with van der Waals surface area (Å²) in [5.41, 5.74) is 6.50. The maximum Gasteiger partial charge on any atom is 0.394 e. The first-order valence-corrected chi connectivity index (χ1v) is 11.7. The molecular formula is C19H30ClN3O7S. The van der Waals surface area contributed by atoms with Crippen LogP contribution in [0.2, 0.25) is 5.02 Å². The summed E-state index contributed by atoms with van der Waals surface area (Å²) in [4.78, 5) is 26.9. The number of nitrogens with two attached hydrogens (primary N) is 1. The van der Waals surface area contributed by atoms with E-state index in [0.717, 1.165) is 32.5 Å². The molecule has 0 saturated heterocycles. The normalized spacial score (nSPS) is 16.5. The number of ether oxygens (including phenoxy) is 1. The van der Waals surface area contributed by atoms with Crippen molar-refractivity contribution in [3.8, 4) is 5.75 Å². The van der Waals surface area contributed by atoms with Crippen LogP contribution in [0.25, 0.3) is 0 Å². The molecule has 1 unspecified atom stereocenters. The van der Waals surface area contributed by atoms with Gasteiger partial charge < -0.3 is 20.7 Å². The fourth-order valence-corrected chi connectivity index (χ4v) is 3.20. The Kier molecular flexibility index (Phi) is 11.2. The lowest BCUT2D eigenvalue weighted by Crippen LogP contribution is -2.35. The number of Topliss-reactive ketones (excluding diaryl/α,β-unsaturated/α-hetero) is 1. The summed E-state index contributed by atoms with van der Waals surface area (Å²) >= 11 is 6.09. The highest BCUT2D eigenvalue weighted by Gasteiger charge is 2.26. The Hall–Kier alpha value is -1.92. The quantitative estimate of drug-likeness (QED) is 0.323. The molecule has 5 N–H and O–H groups in total. The second kappa shape index (κ2) is 12.8. The molecule has 0 radical (unpaired) electrons. The Morgan fingerprint density at radius 3 is 2.45 bits per heavy atom. The number of carbonyl (C=O) groups excluding carboxylic acids is 2. The third kappa shape index (κ3) is 10.3. The van der Waals surface area contributed by atoms with Crippen molar-refractivity contribution < 1.29 is 31.8 Å². The van der Waals surface area contributed by atoms with E-state index in [0.29, 0.717) is 41.4 Å². The Bertz CT molecular complexity index is 852. The van der Waals surface area contributed by atoms with Crippen LogP contribution in [0.3, 0.4) is 0 Å². The van der Waals surface area contributed by atoms with Crippen molar-refractivity contribution >= 4 is 39.4 Å². The van der Waals surface area contributed by atoms with Crippen molar-refractivity contribution in [3.05, 3.63) is 22.7 Å². The minimum absolute atomic E-state index is 0.0673. The highest BCUT2D eigenvalue weighted by molar-refractivity contribution is 7.79. The second-order valence-electron chi connectivity index (χ2n) is 6.92. The van der Waals surface area contributed by atoms with Crippen molar-refractivity contribution in [2.45, 2.75) is 45.6 Å². The molecule has 176 valence electrons. The molecule has 1 aromatic carbocycles. The van der Waals surface area contributed by atoms with Gasteiger partial charge in [0.1, 0.15) is 5.75 Å². The van der Waals surface area contributed by atoms with Crippen LogP contribution in [-0.4, -0.2) is 66.4 Å². The zero-order valence-corrected chi connectivity index (χ0v) is 19.2. The summed E-state index contributed by atoms with van der Waals surface area (Å²) in [6, 6.07) is 3.04. The zero-order valence-electron chi connectivity index (χ0n) is 17.6. The maximum atomic E-state index is 12.6. The second-order valence-corrected chi connectivity index (χ2v) is 8.22. The topological polar surface area (TPSA) is 159 Å². The average molecular weight is 480 g/mol. The fraction of sp³-hybridized carbons (Fsp3) is 0.579. The highest BCUT2D eigenvalue weighted by atomic mass is 35.5. The Morgan fingerprint density at radius 1 is 1.29 bits per heavy atom. The molecule has 1 aromatic rings. The number of carbonyl (C=O) groups is 2. The number of ketones is 1. The van der Waals surface area contributed by atoms with Gasteiger partial charge in [0, 0.05) is 25.6 Å². The van der Waals surface area contributed by atoms with Crippen LogP contribution in [0.1, 0.15) is 49.9 Å². The number of benzene rings is 1. The molecule has 12 heteroatoms. The van der Waals surface area contributed by atoms with Gasteiger partial charge in [0.2, 0.25) is 0 Å². The van der Waals surface area contributed by atoms with Gasteiger partial charge in [-0.25, -0.2) is 0 Å². The highest BCUT2D eigenvalue weighted by Crippen LogP contribution is 2.31. The molecule has 0 heterocycles. The number of nitrogen functional groups attached to an aromatic ring is 1. The van der Waals surface area contributed by atoms with Gasteiger partial charge in [0.15, 0.2) is 11.9 Å². The van der Waals surface area contributed by atoms with Gasteiger partial charge in [0.25, 0.3) is 5.91 Å². The Balaban J connectivity index is 0.000000861. The molecule has 1 aliphatic carbocycles. The molecular weight excluding hydrogens is 450 g/mol. The summed E-state index contributed by atoms with van der Waals surface area (Å²) < 4.78 is 37.4. The largest absolute Gasteiger partial charge is 0.482 e. The van der Waals surface area contributed by atoms with E-state index in [2.05, 4.69) is 24.1 Å². The van der Waals surface area contributed by atoms with Gasteiger partial charge in [-0.1, -0.05) is 25.4 Å². The number of anilines is 1. The molecule has 1 aliphatic rings. The number of nitrogens with zero attached hydrogens (tertiary/aromatic N) is 1. The smallest absolute Gasteiger partial charge is 0.394 e. The first kappa shape index (κ1) is 27.1. The lowest BCUT2D eigenvalue weighted by atomic mass is 9.96. The van der Waals surface area contributed by atoms with Crippen LogP contribution >= 0.6 is 11.6 Å². The van der Waals surface area contributed by atoms with Crippen LogP contribution in [0.15, 0.2) is 12.1 Å². The van der Waals surface area contributed by atoms with Crippen molar-refractivity contribution in [1.82, 2.24) is 10.2 Å². The Morgan fingerprint density at radius 2 is 1.90 bits per heavy atom. The van der Waals surface area contributed by atoms with Crippen LogP contribution in [0.5, 0.6) is 5.75 Å². The zero-order chi connectivity index (χ0) is 23.6. The van der Waals surface area contributed by atoms with E-state index in [9.17, 15) is 9.59 Å². The number of amides is 1. The molecule has 0 bridgehead atoms. The van der Waals surface area contributed by atoms with Crippen molar-refractivity contribution in [2.75, 3.05) is 31.9 Å². The number of likely N-dealkylation sites (N-methyl/N-ethyl adjacent to an activating group) is 1. The van der Waals surface area contributed by atoms with Gasteiger partial charge >= 0.3 is 10.4 Å². The minimum Gasteiger partial charge on any atom is -0.482 e. The van der Waals surface area contributed by atoms with E-state index in [1.807, 2.05) is 0 Å². The summed E-state index contributed by atoms with van der Waals surface area (Å²) in [6.07, 6.45) is 2.47. The number of nitrogens with one attached hydrogen (secondary N) is 1. The van der Waals surface area contributed by atoms with Crippen molar-refractivity contribution in [1.29, 1.82) is 0 Å². The van der Waals surface area contributed by atoms with Crippen LogP contribution < -0.4 is 15.8 Å². The molecule has 1 amide bonds. The number of hydrogen-bond donors (Lipinski definition) is 4.